The summed E-state index contributed by atoms with van der Waals surface area (Å²) in [5.41, 5.74) is 1.13. The molecule has 0 atom stereocenters. The molecule has 0 saturated carbocycles. The van der Waals surface area contributed by atoms with Gasteiger partial charge in [0.2, 0.25) is 0 Å². The van der Waals surface area contributed by atoms with E-state index in [-0.39, 0.29) is 0 Å². The monoisotopic (exact) mass is 697 g/mol. The molecule has 23 heavy (non-hydrogen) atoms. The van der Waals surface area contributed by atoms with Gasteiger partial charge in [0, 0.05) is 0 Å². The molecule has 4 nitrogen and oxygen atoms in total. The van der Waals surface area contributed by atoms with Gasteiger partial charge in [0.05, 0.1) is 6.26 Å². The SMILES string of the molecule is CCc1ccoc1/C=C/c1nc(C(Br)(Br)Br)nc(C(Br)(Br)Br)n1. The quantitative estimate of drug-likeness (QED) is 0.331. The van der Waals surface area contributed by atoms with Gasteiger partial charge in [-0.05, 0) is 30.2 Å². The number of halogens is 6. The highest BCUT2D eigenvalue weighted by molar-refractivity contribution is 9.39. The summed E-state index contributed by atoms with van der Waals surface area (Å²) in [6.07, 6.45) is 6.19. The molecule has 0 N–H and O–H groups in total. The molecule has 124 valence electrons. The Morgan fingerprint density at radius 1 is 0.957 bits per heavy atom. The molecule has 0 aliphatic carbocycles. The van der Waals surface area contributed by atoms with E-state index in [1.54, 1.807) is 12.3 Å². The summed E-state index contributed by atoms with van der Waals surface area (Å²) in [4.78, 5) is 13.2. The molecule has 2 aromatic heterocycles. The normalized spacial score (nSPS) is 13.0. The van der Waals surface area contributed by atoms with Gasteiger partial charge in [-0.25, -0.2) is 15.0 Å². The minimum atomic E-state index is -0.745. The predicted octanol–water partition coefficient (Wildman–Crippen LogP) is 6.79. The molecular weight excluding hydrogens is 694 g/mol. The van der Waals surface area contributed by atoms with Crippen LogP contribution in [0.4, 0.5) is 0 Å². The lowest BCUT2D eigenvalue weighted by Crippen LogP contribution is -2.15. The van der Waals surface area contributed by atoms with Crippen LogP contribution in [0.25, 0.3) is 12.2 Å². The third-order valence-electron chi connectivity index (χ3n) is 2.71. The van der Waals surface area contributed by atoms with E-state index < -0.39 is 4.29 Å². The van der Waals surface area contributed by atoms with Crippen LogP contribution in [-0.2, 0) is 10.7 Å². The predicted molar refractivity (Wildman–Crippen MR) is 114 cm³/mol. The van der Waals surface area contributed by atoms with E-state index in [2.05, 4.69) is 117 Å². The third kappa shape index (κ3) is 5.70. The molecule has 0 saturated heterocycles. The van der Waals surface area contributed by atoms with Crippen molar-refractivity contribution < 1.29 is 4.42 Å². The fraction of sp³-hybridized carbons (Fsp3) is 0.308. The molecule has 2 heterocycles. The first-order valence-corrected chi connectivity index (χ1v) is 11.0. The van der Waals surface area contributed by atoms with Crippen LogP contribution in [0.5, 0.6) is 0 Å². The minimum absolute atomic E-state index is 0.472. The van der Waals surface area contributed by atoms with Crippen LogP contribution in [0.2, 0.25) is 0 Å². The summed E-state index contributed by atoms with van der Waals surface area (Å²) < 4.78 is 3.97. The van der Waals surface area contributed by atoms with E-state index in [1.165, 1.54) is 0 Å². The van der Waals surface area contributed by atoms with Gasteiger partial charge in [-0.2, -0.15) is 0 Å². The van der Waals surface area contributed by atoms with Crippen LogP contribution in [-0.4, -0.2) is 15.0 Å². The van der Waals surface area contributed by atoms with Gasteiger partial charge in [-0.15, -0.1) is 0 Å². The Balaban J connectivity index is 2.45. The second-order valence-electron chi connectivity index (χ2n) is 4.33. The Bertz CT molecular complexity index is 685. The van der Waals surface area contributed by atoms with Gasteiger partial charge >= 0.3 is 0 Å². The van der Waals surface area contributed by atoms with Crippen molar-refractivity contribution in [2.75, 3.05) is 0 Å². The van der Waals surface area contributed by atoms with E-state index in [9.17, 15) is 0 Å². The van der Waals surface area contributed by atoms with E-state index in [1.807, 2.05) is 12.1 Å². The lowest BCUT2D eigenvalue weighted by molar-refractivity contribution is 0.554. The number of furan rings is 1. The summed E-state index contributed by atoms with van der Waals surface area (Å²) in [5.74, 6) is 2.23. The smallest absolute Gasteiger partial charge is 0.194 e. The molecule has 2 rings (SSSR count). The first-order valence-electron chi connectivity index (χ1n) is 6.26. The maximum Gasteiger partial charge on any atom is 0.194 e. The zero-order valence-electron chi connectivity index (χ0n) is 11.5. The number of aryl methyl sites for hydroxylation is 1. The molecule has 10 heteroatoms. The Labute approximate surface area is 184 Å². The Kier molecular flexibility index (Phi) is 7.10. The highest BCUT2D eigenvalue weighted by atomic mass is 80.0. The van der Waals surface area contributed by atoms with Crippen molar-refractivity contribution in [3.8, 4) is 0 Å². The molecule has 0 aliphatic heterocycles. The number of aromatic nitrogens is 3. The molecule has 0 aromatic carbocycles. The zero-order valence-corrected chi connectivity index (χ0v) is 21.1. The van der Waals surface area contributed by atoms with Crippen molar-refractivity contribution in [1.82, 2.24) is 15.0 Å². The van der Waals surface area contributed by atoms with Gasteiger partial charge in [0.25, 0.3) is 0 Å². The van der Waals surface area contributed by atoms with Gasteiger partial charge in [0.15, 0.2) is 21.8 Å². The average Bonchev–Trinajstić information content (AvgIpc) is 2.90. The lowest BCUT2D eigenvalue weighted by Gasteiger charge is -2.16. The van der Waals surface area contributed by atoms with Crippen LogP contribution >= 0.6 is 95.6 Å². The van der Waals surface area contributed by atoms with Crippen molar-refractivity contribution >= 4 is 108 Å². The van der Waals surface area contributed by atoms with E-state index in [0.717, 1.165) is 17.7 Å². The minimum Gasteiger partial charge on any atom is -0.465 e. The molecule has 0 fully saturated rings. The van der Waals surface area contributed by atoms with E-state index >= 15 is 0 Å². The van der Waals surface area contributed by atoms with E-state index in [4.69, 9.17) is 4.42 Å². The highest BCUT2D eigenvalue weighted by Gasteiger charge is 2.31. The lowest BCUT2D eigenvalue weighted by atomic mass is 10.2. The number of rotatable bonds is 3. The maximum atomic E-state index is 5.46. The Morgan fingerprint density at radius 2 is 1.52 bits per heavy atom. The molecule has 0 amide bonds. The van der Waals surface area contributed by atoms with Gasteiger partial charge in [0.1, 0.15) is 5.76 Å². The number of alkyl halides is 6. The second-order valence-corrected chi connectivity index (χ2v) is 17.9. The first kappa shape index (κ1) is 20.2. The summed E-state index contributed by atoms with van der Waals surface area (Å²) in [6, 6.07) is 1.95. The number of nitrogens with zero attached hydrogens (tertiary/aromatic N) is 3. The summed E-state index contributed by atoms with van der Waals surface area (Å²) in [7, 11) is 0. The van der Waals surface area contributed by atoms with Crippen LogP contribution < -0.4 is 0 Å². The fourth-order valence-corrected chi connectivity index (χ4v) is 2.72. The molecule has 0 bridgehead atoms. The van der Waals surface area contributed by atoms with Crippen molar-refractivity contribution in [1.29, 1.82) is 0 Å². The molecule has 0 spiro atoms. The van der Waals surface area contributed by atoms with Crippen molar-refractivity contribution in [3.05, 3.63) is 41.1 Å². The van der Waals surface area contributed by atoms with Crippen molar-refractivity contribution in [2.24, 2.45) is 0 Å². The van der Waals surface area contributed by atoms with Gasteiger partial charge in [-0.1, -0.05) is 103 Å². The summed E-state index contributed by atoms with van der Waals surface area (Å²) in [5, 5.41) is 0. The standard InChI is InChI=1S/C13H9Br6N3O/c1-2-7-5-6-23-8(7)3-4-9-20-10(12(14,15)16)22-11(21-9)13(17,18)19/h3-6H,2H2,1H3/b4-3+. The fourth-order valence-electron chi connectivity index (χ4n) is 1.66. The Morgan fingerprint density at radius 3 is 2.00 bits per heavy atom. The molecule has 0 aliphatic rings. The average molecular weight is 703 g/mol. The number of hydrogen-bond donors (Lipinski definition) is 0. The third-order valence-corrected chi connectivity index (χ3v) is 4.83. The molecule has 2 aromatic rings. The van der Waals surface area contributed by atoms with E-state index in [0.29, 0.717) is 17.5 Å². The molecule has 0 radical (unpaired) electrons. The highest BCUT2D eigenvalue weighted by Crippen LogP contribution is 2.46. The first-order chi connectivity index (χ1) is 10.6. The molecule has 0 unspecified atom stereocenters. The summed E-state index contributed by atoms with van der Waals surface area (Å²) in [6.45, 7) is 2.07. The summed E-state index contributed by atoms with van der Waals surface area (Å²) >= 11 is 20.6. The van der Waals surface area contributed by atoms with Crippen LogP contribution in [0, 0.1) is 0 Å². The Hall–Kier alpha value is 0.910. The van der Waals surface area contributed by atoms with Gasteiger partial charge in [-0.3, -0.25) is 0 Å². The van der Waals surface area contributed by atoms with Crippen molar-refractivity contribution in [2.45, 2.75) is 17.6 Å². The topological polar surface area (TPSA) is 51.8 Å². The van der Waals surface area contributed by atoms with Gasteiger partial charge < -0.3 is 4.42 Å². The maximum absolute atomic E-state index is 5.46. The van der Waals surface area contributed by atoms with Crippen LogP contribution in [0.1, 0.15) is 35.7 Å². The molecular formula is C13H9Br6N3O. The van der Waals surface area contributed by atoms with Crippen molar-refractivity contribution in [3.63, 3.8) is 0 Å². The van der Waals surface area contributed by atoms with Crippen LogP contribution in [0.3, 0.4) is 0 Å². The number of hydrogen-bond acceptors (Lipinski definition) is 4. The second kappa shape index (κ2) is 8.07. The van der Waals surface area contributed by atoms with Crippen LogP contribution in [0.15, 0.2) is 16.7 Å². The zero-order chi connectivity index (χ0) is 17.3. The largest absolute Gasteiger partial charge is 0.465 e.